The lowest BCUT2D eigenvalue weighted by Crippen LogP contribution is -2.45. The van der Waals surface area contributed by atoms with Gasteiger partial charge < -0.3 is 15.3 Å². The Bertz CT molecular complexity index is 312. The second kappa shape index (κ2) is 8.30. The Morgan fingerprint density at radius 3 is 2.79 bits per heavy atom. The molecule has 0 heterocycles. The highest BCUT2D eigenvalue weighted by Crippen LogP contribution is 2.29. The van der Waals surface area contributed by atoms with E-state index >= 15 is 0 Å². The number of hydrogen-bond acceptors (Lipinski definition) is 3. The third kappa shape index (κ3) is 5.72. The summed E-state index contributed by atoms with van der Waals surface area (Å²) in [5.41, 5.74) is 0. The molecule has 0 bridgehead atoms. The van der Waals surface area contributed by atoms with Gasteiger partial charge in [-0.15, -0.1) is 0 Å². The van der Waals surface area contributed by atoms with Crippen LogP contribution in [0, 0.1) is 0 Å². The predicted octanol–water partition coefficient (Wildman–Crippen LogP) is 2.17. The highest BCUT2D eigenvalue weighted by atomic mass is 32.2. The molecule has 2 atom stereocenters. The molecule has 0 aliphatic heterocycles. The Morgan fingerprint density at radius 2 is 2.16 bits per heavy atom. The molecule has 110 valence electrons. The molecule has 1 aliphatic carbocycles. The third-order valence-corrected chi connectivity index (χ3v) is 4.70. The fourth-order valence-electron chi connectivity index (χ4n) is 2.34. The molecule has 0 aromatic carbocycles. The second-order valence-corrected chi connectivity index (χ2v) is 6.42. The number of thioether (sulfide) groups is 1. The molecule has 1 fully saturated rings. The number of rotatable bonds is 7. The molecular formula is C13H24N2O3S. The van der Waals surface area contributed by atoms with Gasteiger partial charge >= 0.3 is 12.0 Å². The Balaban J connectivity index is 2.30. The maximum absolute atomic E-state index is 12.0. The first kappa shape index (κ1) is 16.1. The van der Waals surface area contributed by atoms with Crippen molar-refractivity contribution in [3.8, 4) is 0 Å². The van der Waals surface area contributed by atoms with Gasteiger partial charge in [0, 0.05) is 31.3 Å². The maximum Gasteiger partial charge on any atom is 0.317 e. The zero-order chi connectivity index (χ0) is 14.3. The van der Waals surface area contributed by atoms with E-state index in [9.17, 15) is 9.59 Å². The standard InChI is InChI=1S/C13H24N2O3S/c1-3-19-11-7-4-6-10(11)14-13(18)15(2)9-5-8-12(16)17/h10-11H,3-9H2,1-2H3,(H,14,18)(H,16,17). The van der Waals surface area contributed by atoms with Crippen LogP contribution in [0.1, 0.15) is 39.0 Å². The lowest BCUT2D eigenvalue weighted by Gasteiger charge is -2.24. The number of carboxylic acids is 1. The van der Waals surface area contributed by atoms with Gasteiger partial charge in [0.2, 0.25) is 0 Å². The molecule has 2 amide bonds. The minimum atomic E-state index is -0.816. The zero-order valence-corrected chi connectivity index (χ0v) is 12.5. The van der Waals surface area contributed by atoms with E-state index in [1.807, 2.05) is 11.8 Å². The molecule has 0 aromatic heterocycles. The topological polar surface area (TPSA) is 69.6 Å². The lowest BCUT2D eigenvalue weighted by atomic mass is 10.2. The van der Waals surface area contributed by atoms with Crippen LogP contribution in [0.25, 0.3) is 0 Å². The number of carbonyl (C=O) groups is 2. The van der Waals surface area contributed by atoms with Gasteiger partial charge in [-0.3, -0.25) is 4.79 Å². The van der Waals surface area contributed by atoms with Crippen molar-refractivity contribution in [3.63, 3.8) is 0 Å². The van der Waals surface area contributed by atoms with Gasteiger partial charge in [0.15, 0.2) is 0 Å². The molecule has 1 rings (SSSR count). The van der Waals surface area contributed by atoms with E-state index in [0.29, 0.717) is 18.2 Å². The lowest BCUT2D eigenvalue weighted by molar-refractivity contribution is -0.137. The van der Waals surface area contributed by atoms with Gasteiger partial charge in [-0.1, -0.05) is 13.3 Å². The number of urea groups is 1. The van der Waals surface area contributed by atoms with E-state index in [2.05, 4.69) is 12.2 Å². The molecule has 2 unspecified atom stereocenters. The number of nitrogens with zero attached hydrogens (tertiary/aromatic N) is 1. The number of aliphatic carboxylic acids is 1. The summed E-state index contributed by atoms with van der Waals surface area (Å²) in [4.78, 5) is 24.0. The largest absolute Gasteiger partial charge is 0.481 e. The SMILES string of the molecule is CCSC1CCCC1NC(=O)N(C)CCCC(=O)O. The molecule has 0 aromatic rings. The molecule has 6 heteroatoms. The van der Waals surface area contributed by atoms with Crippen molar-refractivity contribution in [3.05, 3.63) is 0 Å². The summed E-state index contributed by atoms with van der Waals surface area (Å²) in [7, 11) is 1.72. The average molecular weight is 288 g/mol. The van der Waals surface area contributed by atoms with Gasteiger partial charge in [-0.2, -0.15) is 11.8 Å². The van der Waals surface area contributed by atoms with E-state index in [1.165, 1.54) is 12.8 Å². The number of carboxylic acid groups (broad SMARTS) is 1. The molecule has 1 aliphatic rings. The van der Waals surface area contributed by atoms with Gasteiger partial charge in [-0.25, -0.2) is 4.79 Å². The summed E-state index contributed by atoms with van der Waals surface area (Å²) in [5, 5.41) is 12.2. The van der Waals surface area contributed by atoms with E-state index in [4.69, 9.17) is 5.11 Å². The highest BCUT2D eigenvalue weighted by Gasteiger charge is 2.29. The van der Waals surface area contributed by atoms with Crippen molar-refractivity contribution in [1.82, 2.24) is 10.2 Å². The van der Waals surface area contributed by atoms with Crippen molar-refractivity contribution in [1.29, 1.82) is 0 Å². The van der Waals surface area contributed by atoms with Crippen molar-refractivity contribution in [2.24, 2.45) is 0 Å². The summed E-state index contributed by atoms with van der Waals surface area (Å²) in [6.45, 7) is 2.62. The van der Waals surface area contributed by atoms with Crippen LogP contribution in [0.3, 0.4) is 0 Å². The summed E-state index contributed by atoms with van der Waals surface area (Å²) >= 11 is 1.91. The number of nitrogens with one attached hydrogen (secondary N) is 1. The van der Waals surface area contributed by atoms with Crippen molar-refractivity contribution < 1.29 is 14.7 Å². The first-order chi connectivity index (χ1) is 9.04. The minimum Gasteiger partial charge on any atom is -0.481 e. The van der Waals surface area contributed by atoms with Crippen LogP contribution in [-0.2, 0) is 4.79 Å². The Labute approximate surface area is 119 Å². The van der Waals surface area contributed by atoms with Crippen LogP contribution in [0.5, 0.6) is 0 Å². The van der Waals surface area contributed by atoms with E-state index in [1.54, 1.807) is 11.9 Å². The highest BCUT2D eigenvalue weighted by molar-refractivity contribution is 7.99. The molecule has 0 spiro atoms. The second-order valence-electron chi connectivity index (χ2n) is 4.90. The Kier molecular flexibility index (Phi) is 7.05. The molecule has 1 saturated carbocycles. The van der Waals surface area contributed by atoms with Crippen molar-refractivity contribution in [2.45, 2.75) is 50.3 Å². The first-order valence-electron chi connectivity index (χ1n) is 6.89. The number of amides is 2. The Hall–Kier alpha value is -0.910. The normalized spacial score (nSPS) is 22.2. The predicted molar refractivity (Wildman–Crippen MR) is 77.6 cm³/mol. The van der Waals surface area contributed by atoms with Gasteiger partial charge in [0.05, 0.1) is 0 Å². The number of carbonyl (C=O) groups excluding carboxylic acids is 1. The molecule has 0 saturated heterocycles. The summed E-state index contributed by atoms with van der Waals surface area (Å²) in [5.74, 6) is 0.259. The van der Waals surface area contributed by atoms with Gasteiger partial charge in [0.1, 0.15) is 0 Å². The monoisotopic (exact) mass is 288 g/mol. The summed E-state index contributed by atoms with van der Waals surface area (Å²) in [6.07, 6.45) is 4.00. The summed E-state index contributed by atoms with van der Waals surface area (Å²) in [6, 6.07) is 0.179. The average Bonchev–Trinajstić information content (AvgIpc) is 2.76. The fraction of sp³-hybridized carbons (Fsp3) is 0.846. The molecule has 19 heavy (non-hydrogen) atoms. The van der Waals surface area contributed by atoms with E-state index in [0.717, 1.165) is 12.2 Å². The third-order valence-electron chi connectivity index (χ3n) is 3.37. The van der Waals surface area contributed by atoms with Crippen LogP contribution in [0.2, 0.25) is 0 Å². The van der Waals surface area contributed by atoms with Gasteiger partial charge in [0.25, 0.3) is 0 Å². The molecule has 5 nitrogen and oxygen atoms in total. The molecule has 0 radical (unpaired) electrons. The first-order valence-corrected chi connectivity index (χ1v) is 7.94. The summed E-state index contributed by atoms with van der Waals surface area (Å²) < 4.78 is 0. The van der Waals surface area contributed by atoms with Crippen molar-refractivity contribution in [2.75, 3.05) is 19.3 Å². The van der Waals surface area contributed by atoms with E-state index in [-0.39, 0.29) is 18.5 Å². The number of hydrogen-bond donors (Lipinski definition) is 2. The molecular weight excluding hydrogens is 264 g/mol. The quantitative estimate of drug-likeness (QED) is 0.753. The van der Waals surface area contributed by atoms with Crippen molar-refractivity contribution >= 4 is 23.8 Å². The van der Waals surface area contributed by atoms with Crippen LogP contribution >= 0.6 is 11.8 Å². The van der Waals surface area contributed by atoms with Crippen LogP contribution in [0.15, 0.2) is 0 Å². The molecule has 2 N–H and O–H groups in total. The van der Waals surface area contributed by atoms with Crippen LogP contribution < -0.4 is 5.32 Å². The zero-order valence-electron chi connectivity index (χ0n) is 11.7. The minimum absolute atomic E-state index is 0.0843. The Morgan fingerprint density at radius 1 is 1.42 bits per heavy atom. The van der Waals surface area contributed by atoms with E-state index < -0.39 is 5.97 Å². The van der Waals surface area contributed by atoms with Crippen LogP contribution in [0.4, 0.5) is 4.79 Å². The van der Waals surface area contributed by atoms with Gasteiger partial charge in [-0.05, 0) is 25.0 Å². The fourth-order valence-corrected chi connectivity index (χ4v) is 3.54. The maximum atomic E-state index is 12.0. The smallest absolute Gasteiger partial charge is 0.317 e. The van der Waals surface area contributed by atoms with Crippen LogP contribution in [-0.4, -0.2) is 52.6 Å².